The van der Waals surface area contributed by atoms with Gasteiger partial charge in [-0.15, -0.1) is 0 Å². The van der Waals surface area contributed by atoms with E-state index < -0.39 is 0 Å². The standard InChI is InChI=1S/C15H20ClIN2O/c1-2-20-15(8-4-3-5-9-15)14-18-12(10-6-7-10)11(17)13(16)19-14/h10H,2-9H2,1H3. The lowest BCUT2D eigenvalue weighted by molar-refractivity contribution is -0.0768. The Morgan fingerprint density at radius 3 is 2.55 bits per heavy atom. The molecule has 20 heavy (non-hydrogen) atoms. The molecule has 3 nitrogen and oxygen atoms in total. The summed E-state index contributed by atoms with van der Waals surface area (Å²) in [4.78, 5) is 9.46. The largest absolute Gasteiger partial charge is 0.367 e. The average Bonchev–Trinajstić information content (AvgIpc) is 3.27. The molecule has 0 radical (unpaired) electrons. The van der Waals surface area contributed by atoms with Gasteiger partial charge >= 0.3 is 0 Å². The summed E-state index contributed by atoms with van der Waals surface area (Å²) in [6.45, 7) is 2.75. The highest BCUT2D eigenvalue weighted by Crippen LogP contribution is 2.45. The van der Waals surface area contributed by atoms with E-state index in [1.54, 1.807) is 0 Å². The van der Waals surface area contributed by atoms with Crippen molar-refractivity contribution in [3.05, 3.63) is 20.2 Å². The van der Waals surface area contributed by atoms with Gasteiger partial charge in [0.15, 0.2) is 5.82 Å². The van der Waals surface area contributed by atoms with Gasteiger partial charge < -0.3 is 4.74 Å². The quantitative estimate of drug-likeness (QED) is 0.532. The maximum Gasteiger partial charge on any atom is 0.162 e. The van der Waals surface area contributed by atoms with Crippen LogP contribution in [0.4, 0.5) is 0 Å². The van der Waals surface area contributed by atoms with E-state index in [1.807, 2.05) is 6.92 Å². The first kappa shape index (κ1) is 15.0. The smallest absolute Gasteiger partial charge is 0.162 e. The van der Waals surface area contributed by atoms with Crippen LogP contribution in [0.3, 0.4) is 0 Å². The molecule has 2 aliphatic carbocycles. The molecule has 1 aromatic rings. The number of hydrogen-bond acceptors (Lipinski definition) is 3. The number of nitrogens with zero attached hydrogens (tertiary/aromatic N) is 2. The molecule has 5 heteroatoms. The monoisotopic (exact) mass is 406 g/mol. The first-order valence-corrected chi connectivity index (χ1v) is 8.99. The van der Waals surface area contributed by atoms with Crippen LogP contribution in [0.5, 0.6) is 0 Å². The maximum absolute atomic E-state index is 6.36. The molecule has 0 aliphatic heterocycles. The van der Waals surface area contributed by atoms with Gasteiger partial charge in [-0.05, 0) is 55.2 Å². The lowest BCUT2D eigenvalue weighted by Crippen LogP contribution is -2.35. The van der Waals surface area contributed by atoms with Gasteiger partial charge in [0, 0.05) is 12.5 Å². The Kier molecular flexibility index (Phi) is 4.53. The Morgan fingerprint density at radius 1 is 1.25 bits per heavy atom. The molecule has 2 fully saturated rings. The van der Waals surface area contributed by atoms with E-state index in [9.17, 15) is 0 Å². The van der Waals surface area contributed by atoms with E-state index in [2.05, 4.69) is 27.6 Å². The second kappa shape index (κ2) is 6.05. The van der Waals surface area contributed by atoms with Gasteiger partial charge in [-0.2, -0.15) is 0 Å². The fourth-order valence-corrected chi connectivity index (χ4v) is 3.96. The zero-order valence-electron chi connectivity index (χ0n) is 11.8. The number of aromatic nitrogens is 2. The van der Waals surface area contributed by atoms with Crippen molar-refractivity contribution < 1.29 is 4.74 Å². The van der Waals surface area contributed by atoms with Crippen molar-refractivity contribution in [2.24, 2.45) is 0 Å². The van der Waals surface area contributed by atoms with E-state index in [0.717, 1.165) is 27.9 Å². The van der Waals surface area contributed by atoms with E-state index in [1.165, 1.54) is 32.1 Å². The van der Waals surface area contributed by atoms with Crippen LogP contribution in [-0.4, -0.2) is 16.6 Å². The summed E-state index contributed by atoms with van der Waals surface area (Å²) in [6.07, 6.45) is 8.14. The summed E-state index contributed by atoms with van der Waals surface area (Å²) in [5, 5.41) is 0.599. The normalized spacial score (nSPS) is 21.9. The lowest BCUT2D eigenvalue weighted by atomic mass is 9.83. The van der Waals surface area contributed by atoms with Crippen LogP contribution in [-0.2, 0) is 10.3 Å². The van der Waals surface area contributed by atoms with Crippen LogP contribution in [0.15, 0.2) is 0 Å². The third kappa shape index (κ3) is 2.83. The van der Waals surface area contributed by atoms with Crippen LogP contribution in [0.2, 0.25) is 5.15 Å². The van der Waals surface area contributed by atoms with Crippen molar-refractivity contribution in [1.29, 1.82) is 0 Å². The highest BCUT2D eigenvalue weighted by Gasteiger charge is 2.39. The van der Waals surface area contributed by atoms with E-state index in [0.29, 0.717) is 17.7 Å². The molecule has 2 aliphatic rings. The fraction of sp³-hybridized carbons (Fsp3) is 0.733. The van der Waals surface area contributed by atoms with Gasteiger partial charge in [0.25, 0.3) is 0 Å². The van der Waals surface area contributed by atoms with Crippen LogP contribution < -0.4 is 0 Å². The maximum atomic E-state index is 6.36. The Bertz CT molecular complexity index is 493. The number of ether oxygens (including phenoxy) is 1. The summed E-state index contributed by atoms with van der Waals surface area (Å²) in [5.41, 5.74) is 0.843. The summed E-state index contributed by atoms with van der Waals surface area (Å²) in [6, 6.07) is 0. The van der Waals surface area contributed by atoms with Crippen molar-refractivity contribution >= 4 is 34.2 Å². The fourth-order valence-electron chi connectivity index (χ4n) is 3.10. The topological polar surface area (TPSA) is 35.0 Å². The Hall–Kier alpha value is 0.0600. The molecule has 0 atom stereocenters. The lowest BCUT2D eigenvalue weighted by Gasteiger charge is -2.35. The van der Waals surface area contributed by atoms with Gasteiger partial charge in [0.1, 0.15) is 10.8 Å². The van der Waals surface area contributed by atoms with Crippen LogP contribution in [0, 0.1) is 3.57 Å². The molecule has 0 N–H and O–H groups in total. The molecule has 2 saturated carbocycles. The molecule has 0 spiro atoms. The van der Waals surface area contributed by atoms with Crippen molar-refractivity contribution in [2.45, 2.75) is 63.4 Å². The third-order valence-corrected chi connectivity index (χ3v) is 5.95. The van der Waals surface area contributed by atoms with Crippen LogP contribution in [0.25, 0.3) is 0 Å². The van der Waals surface area contributed by atoms with Gasteiger partial charge in [0.2, 0.25) is 0 Å². The molecule has 0 amide bonds. The number of rotatable bonds is 4. The van der Waals surface area contributed by atoms with Gasteiger partial charge in [-0.1, -0.05) is 30.9 Å². The SMILES string of the molecule is CCOC1(c2nc(Cl)c(I)c(C3CC3)n2)CCCCC1. The number of halogens is 2. The highest BCUT2D eigenvalue weighted by molar-refractivity contribution is 14.1. The minimum Gasteiger partial charge on any atom is -0.367 e. The van der Waals surface area contributed by atoms with E-state index in [4.69, 9.17) is 21.3 Å². The molecular formula is C15H20ClIN2O. The minimum absolute atomic E-state index is 0.301. The third-order valence-electron chi connectivity index (χ3n) is 4.29. The number of hydrogen-bond donors (Lipinski definition) is 0. The van der Waals surface area contributed by atoms with E-state index >= 15 is 0 Å². The van der Waals surface area contributed by atoms with Gasteiger partial charge in [-0.3, -0.25) is 0 Å². The van der Waals surface area contributed by atoms with Crippen molar-refractivity contribution in [3.63, 3.8) is 0 Å². The zero-order valence-corrected chi connectivity index (χ0v) is 14.7. The van der Waals surface area contributed by atoms with Crippen molar-refractivity contribution in [3.8, 4) is 0 Å². The summed E-state index contributed by atoms with van der Waals surface area (Å²) >= 11 is 8.63. The summed E-state index contributed by atoms with van der Waals surface area (Å²) < 4.78 is 7.15. The predicted molar refractivity (Wildman–Crippen MR) is 88.1 cm³/mol. The average molecular weight is 407 g/mol. The Balaban J connectivity index is 2.02. The first-order valence-electron chi connectivity index (χ1n) is 7.53. The molecule has 0 bridgehead atoms. The molecule has 1 aromatic heterocycles. The Morgan fingerprint density at radius 2 is 1.95 bits per heavy atom. The molecule has 3 rings (SSSR count). The van der Waals surface area contributed by atoms with Crippen molar-refractivity contribution in [2.75, 3.05) is 6.61 Å². The first-order chi connectivity index (χ1) is 9.66. The molecule has 110 valence electrons. The molecule has 1 heterocycles. The summed E-state index contributed by atoms with van der Waals surface area (Å²) in [7, 11) is 0. The van der Waals surface area contributed by atoms with Gasteiger partial charge in [0.05, 0.1) is 9.26 Å². The predicted octanol–water partition coefficient (Wildman–Crippen LogP) is 4.81. The minimum atomic E-state index is -0.301. The molecule has 0 aromatic carbocycles. The highest BCUT2D eigenvalue weighted by atomic mass is 127. The zero-order chi connectivity index (χ0) is 14.2. The molecular weight excluding hydrogens is 387 g/mol. The molecule has 0 unspecified atom stereocenters. The second-order valence-electron chi connectivity index (χ2n) is 5.80. The summed E-state index contributed by atoms with van der Waals surface area (Å²) in [5.74, 6) is 1.41. The van der Waals surface area contributed by atoms with Crippen LogP contribution in [0.1, 0.15) is 69.3 Å². The van der Waals surface area contributed by atoms with Crippen LogP contribution >= 0.6 is 34.2 Å². The molecule has 0 saturated heterocycles. The van der Waals surface area contributed by atoms with E-state index in [-0.39, 0.29) is 5.60 Å². The van der Waals surface area contributed by atoms with Crippen molar-refractivity contribution in [1.82, 2.24) is 9.97 Å². The van der Waals surface area contributed by atoms with Gasteiger partial charge in [-0.25, -0.2) is 9.97 Å². The second-order valence-corrected chi connectivity index (χ2v) is 7.24. The Labute approximate surface area is 139 Å².